The van der Waals surface area contributed by atoms with Crippen molar-refractivity contribution in [1.29, 1.82) is 0 Å². The molecule has 9 nitrogen and oxygen atoms in total. The third kappa shape index (κ3) is 7.40. The summed E-state index contributed by atoms with van der Waals surface area (Å²) in [6, 6.07) is 33.9. The third-order valence-electron chi connectivity index (χ3n) is 8.71. The molecular weight excluding hydrogens is 740 g/mol. The predicted molar refractivity (Wildman–Crippen MR) is 204 cm³/mol. The second-order valence-corrected chi connectivity index (χ2v) is 16.4. The molecule has 0 spiro atoms. The van der Waals surface area contributed by atoms with E-state index in [1.807, 2.05) is 89.2 Å². The first kappa shape index (κ1) is 35.6. The molecule has 0 bridgehead atoms. The van der Waals surface area contributed by atoms with Gasteiger partial charge in [-0.2, -0.15) is 21.4 Å². The fraction of sp³-hybridized carbons (Fsp3) is 0.103. The zero-order valence-electron chi connectivity index (χ0n) is 27.7. The molecule has 2 N–H and O–H groups in total. The Morgan fingerprint density at radius 1 is 0.808 bits per heavy atom. The van der Waals surface area contributed by atoms with E-state index in [9.17, 15) is 25.9 Å². The Morgan fingerprint density at radius 2 is 1.46 bits per heavy atom. The summed E-state index contributed by atoms with van der Waals surface area (Å²) in [6.07, 6.45) is 4.46. The van der Waals surface area contributed by atoms with Crippen LogP contribution in [0.1, 0.15) is 29.5 Å². The number of fused-ring (bicyclic) bond motifs is 2. The molecule has 52 heavy (non-hydrogen) atoms. The van der Waals surface area contributed by atoms with E-state index in [0.717, 1.165) is 37.6 Å². The molecule has 0 saturated heterocycles. The van der Waals surface area contributed by atoms with Gasteiger partial charge in [-0.1, -0.05) is 103 Å². The van der Waals surface area contributed by atoms with Gasteiger partial charge < -0.3 is 9.64 Å². The highest BCUT2D eigenvalue weighted by Crippen LogP contribution is 2.43. The van der Waals surface area contributed by atoms with Gasteiger partial charge in [0.2, 0.25) is 11.4 Å². The SMILES string of the molecule is CCC(/C=C1\Oc2ccc(-c3ccccc3)cc2N1Cc1ccccc1S(=O)(=O)O)=C\c1sc2ccc(Cl)cc2[n+]1Cc1ccccc1S(=O)(=O)O. The van der Waals surface area contributed by atoms with Gasteiger partial charge in [-0.25, -0.2) is 0 Å². The summed E-state index contributed by atoms with van der Waals surface area (Å²) in [5.74, 6) is 1.03. The van der Waals surface area contributed by atoms with Gasteiger partial charge in [-0.3, -0.25) is 9.11 Å². The second kappa shape index (κ2) is 14.3. The van der Waals surface area contributed by atoms with Crippen LogP contribution < -0.4 is 14.2 Å². The van der Waals surface area contributed by atoms with Gasteiger partial charge in [-0.15, -0.1) is 0 Å². The first-order chi connectivity index (χ1) is 24.9. The maximum absolute atomic E-state index is 12.4. The number of allylic oxidation sites excluding steroid dienone is 2. The molecular formula is C39H32ClN2O7S3+. The maximum atomic E-state index is 12.4. The van der Waals surface area contributed by atoms with Gasteiger partial charge in [0.05, 0.1) is 17.1 Å². The number of thiazole rings is 1. The normalized spacial score (nSPS) is 14.2. The first-order valence-electron chi connectivity index (χ1n) is 16.2. The lowest BCUT2D eigenvalue weighted by atomic mass is 10.0. The fourth-order valence-electron chi connectivity index (χ4n) is 6.20. The lowest BCUT2D eigenvalue weighted by Crippen LogP contribution is -2.36. The summed E-state index contributed by atoms with van der Waals surface area (Å²) < 4.78 is 78.7. The minimum atomic E-state index is -4.51. The molecule has 6 aromatic rings. The van der Waals surface area contributed by atoms with Gasteiger partial charge in [0.1, 0.15) is 9.60 Å². The Morgan fingerprint density at radius 3 is 2.15 bits per heavy atom. The Balaban J connectivity index is 1.35. The molecule has 0 unspecified atom stereocenters. The van der Waals surface area contributed by atoms with Gasteiger partial charge in [-0.05, 0) is 65.1 Å². The zero-order valence-corrected chi connectivity index (χ0v) is 30.9. The van der Waals surface area contributed by atoms with E-state index in [2.05, 4.69) is 0 Å². The van der Waals surface area contributed by atoms with Crippen LogP contribution in [0.3, 0.4) is 0 Å². The van der Waals surface area contributed by atoms with Gasteiger partial charge >= 0.3 is 0 Å². The first-order valence-corrected chi connectivity index (χ1v) is 20.3. The minimum absolute atomic E-state index is 0.0812. The largest absolute Gasteiger partial charge is 0.439 e. The van der Waals surface area contributed by atoms with Crippen molar-refractivity contribution in [2.45, 2.75) is 36.2 Å². The Labute approximate surface area is 310 Å². The number of ether oxygens (including phenoxy) is 1. The summed E-state index contributed by atoms with van der Waals surface area (Å²) in [4.78, 5) is 1.52. The second-order valence-electron chi connectivity index (χ2n) is 12.1. The van der Waals surface area contributed by atoms with Crippen LogP contribution in [0.5, 0.6) is 5.75 Å². The van der Waals surface area contributed by atoms with Gasteiger partial charge in [0, 0.05) is 28.8 Å². The molecule has 5 aromatic carbocycles. The monoisotopic (exact) mass is 771 g/mol. The number of nitrogens with zero attached hydrogens (tertiary/aromatic N) is 2. The summed E-state index contributed by atoms with van der Waals surface area (Å²) in [7, 11) is -8.99. The number of halogens is 1. The van der Waals surface area contributed by atoms with Crippen molar-refractivity contribution in [1.82, 2.24) is 0 Å². The highest BCUT2D eigenvalue weighted by Gasteiger charge is 2.30. The van der Waals surface area contributed by atoms with Gasteiger partial charge in [0.15, 0.2) is 12.3 Å². The van der Waals surface area contributed by atoms with E-state index in [1.54, 1.807) is 42.5 Å². The molecule has 2 heterocycles. The topological polar surface area (TPSA) is 125 Å². The summed E-state index contributed by atoms with van der Waals surface area (Å²) in [6.45, 7) is 2.22. The van der Waals surface area contributed by atoms with Crippen LogP contribution in [0.15, 0.2) is 143 Å². The molecule has 0 amide bonds. The third-order valence-corrected chi connectivity index (χ3v) is 12.0. The number of aromatic nitrogens is 1. The molecule has 264 valence electrons. The van der Waals surface area contributed by atoms with Crippen molar-refractivity contribution in [2.75, 3.05) is 4.90 Å². The quantitative estimate of drug-likeness (QED) is 0.105. The van der Waals surface area contributed by atoms with Crippen LogP contribution in [-0.2, 0) is 33.3 Å². The molecule has 0 radical (unpaired) electrons. The maximum Gasteiger partial charge on any atom is 0.295 e. The summed E-state index contributed by atoms with van der Waals surface area (Å²) in [5, 5.41) is 1.31. The molecule has 7 rings (SSSR count). The smallest absolute Gasteiger partial charge is 0.295 e. The molecule has 1 aliphatic rings. The van der Waals surface area contributed by atoms with Crippen molar-refractivity contribution in [3.8, 4) is 16.9 Å². The van der Waals surface area contributed by atoms with E-state index < -0.39 is 20.2 Å². The van der Waals surface area contributed by atoms with E-state index >= 15 is 0 Å². The van der Waals surface area contributed by atoms with Crippen LogP contribution in [0, 0.1) is 0 Å². The Hall–Kier alpha value is -4.82. The summed E-state index contributed by atoms with van der Waals surface area (Å²) in [5.41, 5.74) is 5.11. The van der Waals surface area contributed by atoms with Crippen molar-refractivity contribution >= 4 is 65.2 Å². The van der Waals surface area contributed by atoms with E-state index in [-0.39, 0.29) is 22.9 Å². The fourth-order valence-corrected chi connectivity index (χ4v) is 8.92. The number of rotatable bonds is 10. The molecule has 1 aromatic heterocycles. The highest BCUT2D eigenvalue weighted by molar-refractivity contribution is 7.86. The highest BCUT2D eigenvalue weighted by atomic mass is 35.5. The van der Waals surface area contributed by atoms with Crippen molar-refractivity contribution in [3.05, 3.63) is 154 Å². The Bertz CT molecular complexity index is 2620. The van der Waals surface area contributed by atoms with Crippen LogP contribution in [0.25, 0.3) is 27.4 Å². The average Bonchev–Trinajstić information content (AvgIpc) is 3.63. The van der Waals surface area contributed by atoms with Gasteiger partial charge in [0.25, 0.3) is 25.2 Å². The molecule has 0 saturated carbocycles. The van der Waals surface area contributed by atoms with Crippen LogP contribution in [0.2, 0.25) is 5.02 Å². The molecule has 1 aliphatic heterocycles. The number of hydrogen-bond donors (Lipinski definition) is 2. The van der Waals surface area contributed by atoms with Crippen molar-refractivity contribution < 1.29 is 35.2 Å². The lowest BCUT2D eigenvalue weighted by molar-refractivity contribution is -0.660. The number of anilines is 1. The summed E-state index contributed by atoms with van der Waals surface area (Å²) >= 11 is 7.92. The molecule has 0 fully saturated rings. The van der Waals surface area contributed by atoms with Crippen LogP contribution in [-0.4, -0.2) is 25.9 Å². The molecule has 0 aliphatic carbocycles. The predicted octanol–water partition coefficient (Wildman–Crippen LogP) is 8.78. The van der Waals surface area contributed by atoms with Crippen molar-refractivity contribution in [2.24, 2.45) is 0 Å². The number of benzene rings is 5. The number of hydrogen-bond acceptors (Lipinski definition) is 7. The van der Waals surface area contributed by atoms with E-state index in [4.69, 9.17) is 16.3 Å². The molecule has 13 heteroatoms. The lowest BCUT2D eigenvalue weighted by Gasteiger charge is -2.20. The molecule has 0 atom stereocenters. The van der Waals surface area contributed by atoms with Crippen molar-refractivity contribution in [3.63, 3.8) is 0 Å². The standard InChI is InChI=1S/C39H31ClN2O7S3/c1-2-26(21-39-42(33-23-31(40)17-19-35(33)50-39)25-30-13-7-9-15-37(30)52(46,47)48)20-38-41(24-29-12-6-8-14-36(29)51(43,44)45)32-22-28(16-18-34(32)49-38)27-10-4-3-5-11-27/h3-23H,2,24-25H2,1H3,(H-,43,44,45,46,47,48)/p+1. The van der Waals surface area contributed by atoms with E-state index in [1.165, 1.54) is 23.5 Å². The zero-order chi connectivity index (χ0) is 36.6. The Kier molecular flexibility index (Phi) is 9.79. The van der Waals surface area contributed by atoms with E-state index in [0.29, 0.717) is 34.2 Å². The van der Waals surface area contributed by atoms with Crippen LogP contribution in [0.4, 0.5) is 5.69 Å². The van der Waals surface area contributed by atoms with Crippen LogP contribution >= 0.6 is 22.9 Å². The average molecular weight is 772 g/mol. The minimum Gasteiger partial charge on any atom is -0.439 e.